The van der Waals surface area contributed by atoms with Crippen LogP contribution in [-0.4, -0.2) is 12.7 Å². The molecule has 0 spiro atoms. The fraction of sp³-hybridized carbons (Fsp3) is 0.333. The van der Waals surface area contributed by atoms with Crippen molar-refractivity contribution in [3.8, 4) is 11.1 Å². The fourth-order valence-corrected chi connectivity index (χ4v) is 2.80. The van der Waals surface area contributed by atoms with Crippen molar-refractivity contribution in [1.82, 2.24) is 0 Å². The van der Waals surface area contributed by atoms with Crippen LogP contribution in [0.15, 0.2) is 54.6 Å². The fourth-order valence-electron chi connectivity index (χ4n) is 2.80. The number of hydrogen-bond acceptors (Lipinski definition) is 2. The molecular formula is C18H21NO. The van der Waals surface area contributed by atoms with Gasteiger partial charge in [-0.25, -0.2) is 0 Å². The van der Waals surface area contributed by atoms with Crippen LogP contribution >= 0.6 is 0 Å². The van der Waals surface area contributed by atoms with Crippen LogP contribution in [0, 0.1) is 0 Å². The van der Waals surface area contributed by atoms with E-state index in [4.69, 9.17) is 10.5 Å². The number of hydrogen-bond donors (Lipinski definition) is 1. The summed E-state index contributed by atoms with van der Waals surface area (Å²) in [5.41, 5.74) is 9.96. The SMILES string of the molecule is NC(CC1CCCO1)c1ccc(-c2ccccc2)cc1. The van der Waals surface area contributed by atoms with Gasteiger partial charge in [0, 0.05) is 12.6 Å². The molecule has 1 heterocycles. The van der Waals surface area contributed by atoms with E-state index in [0.29, 0.717) is 6.10 Å². The normalized spacial score (nSPS) is 19.9. The van der Waals surface area contributed by atoms with E-state index >= 15 is 0 Å². The largest absolute Gasteiger partial charge is 0.378 e. The van der Waals surface area contributed by atoms with Gasteiger partial charge in [-0.05, 0) is 36.0 Å². The highest BCUT2D eigenvalue weighted by Gasteiger charge is 2.19. The van der Waals surface area contributed by atoms with Gasteiger partial charge >= 0.3 is 0 Å². The van der Waals surface area contributed by atoms with Crippen molar-refractivity contribution in [2.75, 3.05) is 6.61 Å². The van der Waals surface area contributed by atoms with E-state index in [-0.39, 0.29) is 6.04 Å². The number of ether oxygens (including phenoxy) is 1. The first kappa shape index (κ1) is 13.3. The lowest BCUT2D eigenvalue weighted by Gasteiger charge is -2.17. The van der Waals surface area contributed by atoms with Gasteiger partial charge in [0.1, 0.15) is 0 Å². The van der Waals surface area contributed by atoms with Crippen LogP contribution < -0.4 is 5.73 Å². The highest BCUT2D eigenvalue weighted by atomic mass is 16.5. The van der Waals surface area contributed by atoms with Gasteiger partial charge < -0.3 is 10.5 Å². The van der Waals surface area contributed by atoms with Crippen LogP contribution in [0.25, 0.3) is 11.1 Å². The molecule has 0 radical (unpaired) electrons. The van der Waals surface area contributed by atoms with Crippen LogP contribution in [0.3, 0.4) is 0 Å². The molecule has 0 saturated carbocycles. The average molecular weight is 267 g/mol. The molecule has 2 aromatic carbocycles. The third-order valence-electron chi connectivity index (χ3n) is 3.99. The van der Waals surface area contributed by atoms with Crippen LogP contribution in [0.1, 0.15) is 30.9 Å². The van der Waals surface area contributed by atoms with Crippen LogP contribution in [0.5, 0.6) is 0 Å². The summed E-state index contributed by atoms with van der Waals surface area (Å²) in [5, 5.41) is 0. The van der Waals surface area contributed by atoms with Gasteiger partial charge in [-0.15, -0.1) is 0 Å². The van der Waals surface area contributed by atoms with E-state index in [0.717, 1.165) is 19.4 Å². The maximum absolute atomic E-state index is 6.28. The molecule has 2 nitrogen and oxygen atoms in total. The summed E-state index contributed by atoms with van der Waals surface area (Å²) in [6, 6.07) is 19.1. The molecule has 20 heavy (non-hydrogen) atoms. The molecular weight excluding hydrogens is 246 g/mol. The van der Waals surface area contributed by atoms with Crippen molar-refractivity contribution < 1.29 is 4.74 Å². The van der Waals surface area contributed by atoms with Gasteiger partial charge in [0.15, 0.2) is 0 Å². The zero-order valence-corrected chi connectivity index (χ0v) is 11.7. The second-order valence-electron chi connectivity index (χ2n) is 5.47. The quantitative estimate of drug-likeness (QED) is 0.911. The Hall–Kier alpha value is -1.64. The number of nitrogens with two attached hydrogens (primary N) is 1. The minimum Gasteiger partial charge on any atom is -0.378 e. The Kier molecular flexibility index (Phi) is 4.14. The molecule has 104 valence electrons. The Morgan fingerprint density at radius 3 is 2.35 bits per heavy atom. The van der Waals surface area contributed by atoms with Gasteiger partial charge in [-0.1, -0.05) is 54.6 Å². The summed E-state index contributed by atoms with van der Waals surface area (Å²) in [6.45, 7) is 0.893. The minimum absolute atomic E-state index is 0.0722. The lowest BCUT2D eigenvalue weighted by Crippen LogP contribution is -2.18. The molecule has 2 aromatic rings. The molecule has 2 unspecified atom stereocenters. The first-order chi connectivity index (χ1) is 9.83. The smallest absolute Gasteiger partial charge is 0.0594 e. The van der Waals surface area contributed by atoms with Gasteiger partial charge in [0.05, 0.1) is 6.10 Å². The van der Waals surface area contributed by atoms with E-state index in [2.05, 4.69) is 48.5 Å². The predicted octanol–water partition coefficient (Wildman–Crippen LogP) is 3.92. The summed E-state index contributed by atoms with van der Waals surface area (Å²) < 4.78 is 5.66. The Morgan fingerprint density at radius 1 is 1.00 bits per heavy atom. The Bertz CT molecular complexity index is 529. The molecule has 1 fully saturated rings. The molecule has 2 atom stereocenters. The molecule has 3 rings (SSSR count). The molecule has 1 saturated heterocycles. The molecule has 1 aliphatic heterocycles. The topological polar surface area (TPSA) is 35.2 Å². The molecule has 0 amide bonds. The van der Waals surface area contributed by atoms with E-state index in [1.165, 1.54) is 23.1 Å². The van der Waals surface area contributed by atoms with E-state index < -0.39 is 0 Å². The number of rotatable bonds is 4. The standard InChI is InChI=1S/C18H21NO/c19-18(13-17-7-4-12-20-17)16-10-8-15(9-11-16)14-5-2-1-3-6-14/h1-3,5-6,8-11,17-18H,4,7,12-13,19H2. The number of benzene rings is 2. The second kappa shape index (κ2) is 6.21. The summed E-state index contributed by atoms with van der Waals surface area (Å²) in [5.74, 6) is 0. The van der Waals surface area contributed by atoms with Crippen molar-refractivity contribution in [3.63, 3.8) is 0 Å². The first-order valence-electron chi connectivity index (χ1n) is 7.35. The summed E-state index contributed by atoms with van der Waals surface area (Å²) in [6.07, 6.45) is 3.59. The van der Waals surface area contributed by atoms with Crippen LogP contribution in [0.4, 0.5) is 0 Å². The van der Waals surface area contributed by atoms with Crippen molar-refractivity contribution in [1.29, 1.82) is 0 Å². The van der Waals surface area contributed by atoms with Crippen LogP contribution in [0.2, 0.25) is 0 Å². The molecule has 0 aromatic heterocycles. The Balaban J connectivity index is 1.69. The first-order valence-corrected chi connectivity index (χ1v) is 7.35. The molecule has 2 heteroatoms. The van der Waals surface area contributed by atoms with Crippen molar-refractivity contribution in [2.24, 2.45) is 5.73 Å². The minimum atomic E-state index is 0.0722. The van der Waals surface area contributed by atoms with E-state index in [1.807, 2.05) is 6.07 Å². The Morgan fingerprint density at radius 2 is 1.70 bits per heavy atom. The molecule has 0 bridgehead atoms. The van der Waals surface area contributed by atoms with E-state index in [1.54, 1.807) is 0 Å². The summed E-state index contributed by atoms with van der Waals surface area (Å²) in [7, 11) is 0. The average Bonchev–Trinajstić information content (AvgIpc) is 3.01. The zero-order valence-electron chi connectivity index (χ0n) is 11.7. The second-order valence-corrected chi connectivity index (χ2v) is 5.47. The predicted molar refractivity (Wildman–Crippen MR) is 82.4 cm³/mol. The molecule has 2 N–H and O–H groups in total. The lowest BCUT2D eigenvalue weighted by molar-refractivity contribution is 0.0983. The lowest BCUT2D eigenvalue weighted by atomic mass is 9.97. The Labute approximate surface area is 120 Å². The van der Waals surface area contributed by atoms with Crippen LogP contribution in [-0.2, 0) is 4.74 Å². The van der Waals surface area contributed by atoms with E-state index in [9.17, 15) is 0 Å². The highest BCUT2D eigenvalue weighted by molar-refractivity contribution is 5.63. The third kappa shape index (κ3) is 3.09. The van der Waals surface area contributed by atoms with Crippen molar-refractivity contribution in [3.05, 3.63) is 60.2 Å². The van der Waals surface area contributed by atoms with Crippen molar-refractivity contribution >= 4 is 0 Å². The van der Waals surface area contributed by atoms with Gasteiger partial charge in [0.2, 0.25) is 0 Å². The maximum atomic E-state index is 6.28. The van der Waals surface area contributed by atoms with Gasteiger partial charge in [0.25, 0.3) is 0 Å². The van der Waals surface area contributed by atoms with Gasteiger partial charge in [-0.3, -0.25) is 0 Å². The zero-order chi connectivity index (χ0) is 13.8. The molecule has 1 aliphatic rings. The molecule has 0 aliphatic carbocycles. The summed E-state index contributed by atoms with van der Waals surface area (Å²) in [4.78, 5) is 0. The monoisotopic (exact) mass is 267 g/mol. The maximum Gasteiger partial charge on any atom is 0.0594 e. The van der Waals surface area contributed by atoms with Gasteiger partial charge in [-0.2, -0.15) is 0 Å². The van der Waals surface area contributed by atoms with Crippen molar-refractivity contribution in [2.45, 2.75) is 31.4 Å². The summed E-state index contributed by atoms with van der Waals surface area (Å²) >= 11 is 0. The highest BCUT2D eigenvalue weighted by Crippen LogP contribution is 2.25. The third-order valence-corrected chi connectivity index (χ3v) is 3.99.